The van der Waals surface area contributed by atoms with Crippen LogP contribution in [-0.4, -0.2) is 28.1 Å². The van der Waals surface area contributed by atoms with E-state index in [4.69, 9.17) is 0 Å². The van der Waals surface area contributed by atoms with Gasteiger partial charge < -0.3 is 0 Å². The van der Waals surface area contributed by atoms with Crippen molar-refractivity contribution >= 4 is 35.9 Å². The molecule has 505 valence electrons. The van der Waals surface area contributed by atoms with Crippen molar-refractivity contribution in [3.8, 4) is 0 Å². The number of halogens is 24. The summed E-state index contributed by atoms with van der Waals surface area (Å²) in [6, 6.07) is -3.10. The molecule has 5 aromatic rings. The zero-order valence-corrected chi connectivity index (χ0v) is 51.5. The Labute approximate surface area is 525 Å². The quantitative estimate of drug-likeness (QED) is 0.0685. The van der Waals surface area contributed by atoms with Crippen molar-refractivity contribution in [2.45, 2.75) is 188 Å². The molecular formula is C63H62BF24IrNP-. The second-order valence-corrected chi connectivity index (χ2v) is 25.8. The number of allylic oxidation sites excluding steroid dienone is 4. The van der Waals surface area contributed by atoms with Gasteiger partial charge in [0.05, 0.1) is 44.5 Å². The first-order valence-corrected chi connectivity index (χ1v) is 30.5. The fourth-order valence-corrected chi connectivity index (χ4v) is 16.9. The van der Waals surface area contributed by atoms with E-state index in [1.54, 1.807) is 89.4 Å². The summed E-state index contributed by atoms with van der Waals surface area (Å²) >= 11 is 0. The average Bonchev–Trinajstić information content (AvgIpc) is 0.716. The van der Waals surface area contributed by atoms with E-state index in [2.05, 4.69) is 29.3 Å². The smallest absolute Gasteiger partial charge is 0.265 e. The zero-order chi connectivity index (χ0) is 66.7. The second kappa shape index (κ2) is 31.5. The van der Waals surface area contributed by atoms with Crippen LogP contribution in [0.5, 0.6) is 0 Å². The summed E-state index contributed by atoms with van der Waals surface area (Å²) in [5.41, 5.74) is -26.6. The Morgan fingerprint density at radius 3 is 0.604 bits per heavy atom. The van der Waals surface area contributed by atoms with Gasteiger partial charge in [0.1, 0.15) is 6.15 Å². The minimum Gasteiger partial charge on any atom is -0.265 e. The van der Waals surface area contributed by atoms with Gasteiger partial charge in [0.2, 0.25) is 0 Å². The number of hydrogen-bond acceptors (Lipinski definition) is 1. The Bertz CT molecular complexity index is 2610. The number of hydrogen-bond donors (Lipinski definition) is 0. The molecule has 0 aliphatic heterocycles. The van der Waals surface area contributed by atoms with Crippen LogP contribution in [0.2, 0.25) is 0 Å². The molecule has 0 N–H and O–H groups in total. The van der Waals surface area contributed by atoms with Gasteiger partial charge >= 0.3 is 49.4 Å². The molecule has 0 atom stereocenters. The summed E-state index contributed by atoms with van der Waals surface area (Å²) in [6.07, 6.45) is -13.7. The van der Waals surface area contributed by atoms with Gasteiger partial charge in [-0.3, -0.25) is 4.98 Å². The van der Waals surface area contributed by atoms with E-state index in [-0.39, 0.29) is 20.1 Å². The van der Waals surface area contributed by atoms with E-state index >= 15 is 0 Å². The molecule has 0 bridgehead atoms. The zero-order valence-electron chi connectivity index (χ0n) is 48.2. The average molecular weight is 1520 g/mol. The molecule has 3 fully saturated rings. The van der Waals surface area contributed by atoms with E-state index < -0.39 is 195 Å². The maximum atomic E-state index is 14.2. The molecule has 0 unspecified atom stereocenters. The van der Waals surface area contributed by atoms with E-state index in [0.717, 1.165) is 0 Å². The van der Waals surface area contributed by atoms with Gasteiger partial charge in [-0.05, 0) is 118 Å². The molecule has 0 spiro atoms. The summed E-state index contributed by atoms with van der Waals surface area (Å²) in [6.45, 7) is 0. The molecular weight excluding hydrogens is 1460 g/mol. The van der Waals surface area contributed by atoms with Gasteiger partial charge in [-0.2, -0.15) is 127 Å². The van der Waals surface area contributed by atoms with E-state index in [9.17, 15) is 105 Å². The van der Waals surface area contributed by atoms with Gasteiger partial charge in [-0.15, -0.1) is 0 Å². The molecule has 4 aromatic carbocycles. The predicted octanol–water partition coefficient (Wildman–Crippen LogP) is 21.4. The molecule has 28 heteroatoms. The van der Waals surface area contributed by atoms with Crippen LogP contribution in [0.15, 0.2) is 128 Å². The van der Waals surface area contributed by atoms with Gasteiger partial charge in [0.25, 0.3) is 0 Å². The minimum absolute atomic E-state index is 0. The van der Waals surface area contributed by atoms with Crippen LogP contribution < -0.4 is 21.9 Å². The third-order valence-corrected chi connectivity index (χ3v) is 20.4. The van der Waals surface area contributed by atoms with Crippen LogP contribution in [-0.2, 0) is 69.5 Å². The predicted molar refractivity (Wildman–Crippen MR) is 299 cm³/mol. The molecule has 0 amide bonds. The monoisotopic (exact) mass is 1520 g/mol. The molecule has 1 nitrogen and oxygen atoms in total. The van der Waals surface area contributed by atoms with Crippen LogP contribution in [0, 0.1) is 0 Å². The minimum atomic E-state index is -6.13. The largest absolute Gasteiger partial charge is 0.416 e. The summed E-state index contributed by atoms with van der Waals surface area (Å²) < 4.78 is 341. The Hall–Kier alpha value is -5.03. The van der Waals surface area contributed by atoms with E-state index in [0.29, 0.717) is 7.92 Å². The van der Waals surface area contributed by atoms with Crippen LogP contribution in [0.4, 0.5) is 105 Å². The fraction of sp³-hybridized carbons (Fsp3) is 0.476. The van der Waals surface area contributed by atoms with Gasteiger partial charge in [0.15, 0.2) is 0 Å². The third-order valence-electron chi connectivity index (χ3n) is 16.3. The Morgan fingerprint density at radius 1 is 0.275 bits per heavy atom. The van der Waals surface area contributed by atoms with E-state index in [1.165, 1.54) is 61.9 Å². The molecule has 91 heavy (non-hydrogen) atoms. The van der Waals surface area contributed by atoms with Gasteiger partial charge in [-0.1, -0.05) is 145 Å². The van der Waals surface area contributed by atoms with Gasteiger partial charge in [0, 0.05) is 32.5 Å². The molecule has 1 heterocycles. The first-order chi connectivity index (χ1) is 41.7. The molecule has 4 aliphatic carbocycles. The summed E-state index contributed by atoms with van der Waals surface area (Å²) in [5.74, 6) is 0. The molecule has 0 saturated heterocycles. The van der Waals surface area contributed by atoms with Crippen molar-refractivity contribution in [2.24, 2.45) is 0 Å². The normalized spacial score (nSPS) is 18.0. The van der Waals surface area contributed by atoms with Crippen LogP contribution in [0.25, 0.3) is 0 Å². The number of rotatable bonds is 7. The molecule has 3 saturated carbocycles. The van der Waals surface area contributed by atoms with E-state index in [1.807, 2.05) is 18.2 Å². The van der Waals surface area contributed by atoms with Crippen LogP contribution in [0.1, 0.15) is 167 Å². The molecule has 1 radical (unpaired) electrons. The Balaban J connectivity index is 0.000000352. The molecule has 4 aliphatic rings. The topological polar surface area (TPSA) is 12.9 Å². The Morgan fingerprint density at radius 2 is 0.462 bits per heavy atom. The fourth-order valence-electron chi connectivity index (χ4n) is 12.3. The Kier molecular flexibility index (Phi) is 26.5. The van der Waals surface area contributed by atoms with Crippen molar-refractivity contribution in [3.05, 3.63) is 172 Å². The van der Waals surface area contributed by atoms with Gasteiger partial charge in [-0.25, -0.2) is 0 Å². The summed E-state index contributed by atoms with van der Waals surface area (Å²) in [4.78, 5) is 3.78. The second-order valence-electron chi connectivity index (χ2n) is 22.7. The number of nitrogens with zero attached hydrogens (tertiary/aromatic N) is 1. The number of benzene rings is 4. The number of alkyl halides is 24. The molecule has 9 rings (SSSR count). The third kappa shape index (κ3) is 21.5. The molecule has 1 aromatic heterocycles. The van der Waals surface area contributed by atoms with Crippen molar-refractivity contribution in [1.82, 2.24) is 4.98 Å². The number of pyridine rings is 1. The first-order valence-electron chi connectivity index (χ1n) is 29.0. The van der Waals surface area contributed by atoms with Crippen molar-refractivity contribution in [1.29, 1.82) is 0 Å². The summed E-state index contributed by atoms with van der Waals surface area (Å²) in [7, 11) is 0.385. The van der Waals surface area contributed by atoms with Crippen LogP contribution in [0.3, 0.4) is 0 Å². The van der Waals surface area contributed by atoms with Crippen molar-refractivity contribution < 1.29 is 125 Å². The maximum absolute atomic E-state index is 14.2. The number of aromatic nitrogens is 1. The summed E-state index contributed by atoms with van der Waals surface area (Å²) in [5, 5.41) is 0. The van der Waals surface area contributed by atoms with Crippen molar-refractivity contribution in [2.75, 3.05) is 0 Å². The maximum Gasteiger partial charge on any atom is 0.416 e. The first kappa shape index (κ1) is 76.7. The SMILES string of the molecule is C1=C\CC/C=C\CC/1.C1CCC(P(C2CCCCC2)C2CCCCC2)CC1.FC(F)(F)c1cc([B-](c2cc(C(F)(F)F)cc(C(F)(F)F)c2)(c2cc(C(F)(F)F)cc(C(F)(F)F)c2)c2cc(C(F)(F)F)cc(C(F)(F)F)c2)cc(C(F)(F)F)c1.[Ir].c1ccncc1. The van der Waals surface area contributed by atoms with Crippen molar-refractivity contribution in [3.63, 3.8) is 0 Å². The van der Waals surface area contributed by atoms with Crippen LogP contribution >= 0.6 is 7.92 Å². The standard InChI is InChI=1S/C32H12BF24.C18H33P.C8H12.C5H5N.Ir/c34-25(35,36)13-1-14(26(37,38)39)6-21(5-13)33(22-7-15(27(40,41)42)2-16(8-22)28(43,44)45,23-9-17(29(46,47)48)3-18(10-23)30(49,50)51)24-11-19(31(52,53)54)4-20(12-24)32(55,56)57;1-4-10-16(11-5-1)19(17-12-6-2-7-13-17)18-14-8-3-9-15-18;1-2-4-6-8-7-5-3-1;1-2-4-6-5-3-1;/h1-12H;16-18H,1-15H2;1-2,7-8H,3-6H2;1-5H;/q-1;;;;/b;;2-1-,8-7-;;.